The highest BCUT2D eigenvalue weighted by molar-refractivity contribution is 5.79. The van der Waals surface area contributed by atoms with E-state index < -0.39 is 5.41 Å². The molecule has 4 nitrogen and oxygen atoms in total. The summed E-state index contributed by atoms with van der Waals surface area (Å²) in [7, 11) is 0. The van der Waals surface area contributed by atoms with E-state index in [4.69, 9.17) is 0 Å². The number of benzene rings is 3. The molecule has 5 rings (SSSR count). The maximum atomic E-state index is 13.4. The van der Waals surface area contributed by atoms with Crippen molar-refractivity contribution < 1.29 is 4.79 Å². The molecule has 3 aromatic carbocycles. The van der Waals surface area contributed by atoms with Crippen LogP contribution in [-0.4, -0.2) is 34.9 Å². The second-order valence-corrected chi connectivity index (χ2v) is 9.86. The van der Waals surface area contributed by atoms with Gasteiger partial charge in [0.25, 0.3) is 0 Å². The third kappa shape index (κ3) is 5.24. The number of amides is 1. The Hall–Kier alpha value is -3.76. The molecule has 0 saturated carbocycles. The van der Waals surface area contributed by atoms with E-state index in [2.05, 4.69) is 76.7 Å². The Balaban J connectivity index is 1.31. The molecule has 0 spiro atoms. The van der Waals surface area contributed by atoms with Gasteiger partial charge in [0, 0.05) is 37.2 Å². The smallest absolute Gasteiger partial charge is 0.221 e. The molecule has 0 aliphatic carbocycles. The SMILES string of the molecule is CC(CC(=O)NC1CCN(C(c2ccccc2)c2ccccn2)C1)(c1ccccc1)c1ccccc1. The standard InChI is InChI=1S/C32H33N3O/c1-32(26-15-7-3-8-16-26,27-17-9-4-10-18-27)23-30(36)34-28-20-22-35(24-28)31(25-13-5-2-6-14-25)29-19-11-12-21-33-29/h2-19,21,28,31H,20,22-24H2,1H3,(H,34,36). The van der Waals surface area contributed by atoms with Gasteiger partial charge in [0.2, 0.25) is 5.91 Å². The largest absolute Gasteiger partial charge is 0.352 e. The van der Waals surface area contributed by atoms with Crippen LogP contribution >= 0.6 is 0 Å². The van der Waals surface area contributed by atoms with Crippen molar-refractivity contribution in [2.45, 2.75) is 37.3 Å². The van der Waals surface area contributed by atoms with Crippen LogP contribution in [0.15, 0.2) is 115 Å². The number of hydrogen-bond donors (Lipinski definition) is 1. The third-order valence-corrected chi connectivity index (χ3v) is 7.37. The number of nitrogens with zero attached hydrogens (tertiary/aromatic N) is 2. The molecule has 4 heteroatoms. The van der Waals surface area contributed by atoms with Crippen LogP contribution < -0.4 is 5.32 Å². The first-order chi connectivity index (χ1) is 17.6. The van der Waals surface area contributed by atoms with E-state index in [9.17, 15) is 4.79 Å². The molecule has 1 amide bonds. The lowest BCUT2D eigenvalue weighted by molar-refractivity contribution is -0.122. The molecule has 0 radical (unpaired) electrons. The summed E-state index contributed by atoms with van der Waals surface area (Å²) >= 11 is 0. The van der Waals surface area contributed by atoms with Gasteiger partial charge in [-0.25, -0.2) is 0 Å². The van der Waals surface area contributed by atoms with E-state index in [0.29, 0.717) is 6.42 Å². The van der Waals surface area contributed by atoms with Crippen LogP contribution in [0.3, 0.4) is 0 Å². The number of rotatable bonds is 8. The summed E-state index contributed by atoms with van der Waals surface area (Å²) < 4.78 is 0. The molecule has 1 saturated heterocycles. The maximum Gasteiger partial charge on any atom is 0.221 e. The Kier molecular flexibility index (Phi) is 7.24. The van der Waals surface area contributed by atoms with Crippen LogP contribution in [0.4, 0.5) is 0 Å². The highest BCUT2D eigenvalue weighted by atomic mass is 16.1. The first kappa shape index (κ1) is 24.0. The topological polar surface area (TPSA) is 45.2 Å². The van der Waals surface area contributed by atoms with E-state index >= 15 is 0 Å². The van der Waals surface area contributed by atoms with Gasteiger partial charge in [-0.15, -0.1) is 0 Å². The zero-order valence-electron chi connectivity index (χ0n) is 20.8. The van der Waals surface area contributed by atoms with Crippen molar-refractivity contribution in [3.63, 3.8) is 0 Å². The lowest BCUT2D eigenvalue weighted by atomic mass is 9.73. The highest BCUT2D eigenvalue weighted by Gasteiger charge is 2.35. The molecule has 1 N–H and O–H groups in total. The predicted octanol–water partition coefficient (Wildman–Crippen LogP) is 5.76. The normalized spacial score (nSPS) is 17.0. The molecule has 2 unspecified atom stereocenters. The molecule has 2 atom stereocenters. The van der Waals surface area contributed by atoms with Crippen molar-refractivity contribution in [1.29, 1.82) is 0 Å². The molecule has 1 aromatic heterocycles. The zero-order valence-corrected chi connectivity index (χ0v) is 20.8. The molecular weight excluding hydrogens is 442 g/mol. The second kappa shape index (κ2) is 10.9. The number of carbonyl (C=O) groups excluding carboxylic acids is 1. The minimum atomic E-state index is -0.397. The van der Waals surface area contributed by atoms with Gasteiger partial charge < -0.3 is 5.32 Å². The third-order valence-electron chi connectivity index (χ3n) is 7.37. The molecule has 1 aliphatic rings. The summed E-state index contributed by atoms with van der Waals surface area (Å²) in [5.74, 6) is 0.0890. The summed E-state index contributed by atoms with van der Waals surface area (Å²) in [5, 5.41) is 3.36. The van der Waals surface area contributed by atoms with Gasteiger partial charge in [-0.1, -0.05) is 104 Å². The number of nitrogens with one attached hydrogen (secondary N) is 1. The second-order valence-electron chi connectivity index (χ2n) is 9.86. The van der Waals surface area contributed by atoms with Crippen molar-refractivity contribution in [2.24, 2.45) is 0 Å². The van der Waals surface area contributed by atoms with Crippen LogP contribution in [0, 0.1) is 0 Å². The maximum absolute atomic E-state index is 13.4. The van der Waals surface area contributed by atoms with E-state index in [1.54, 1.807) is 0 Å². The highest BCUT2D eigenvalue weighted by Crippen LogP contribution is 2.36. The molecule has 36 heavy (non-hydrogen) atoms. The Morgan fingerprint density at radius 2 is 1.47 bits per heavy atom. The van der Waals surface area contributed by atoms with Gasteiger partial charge in [0.1, 0.15) is 0 Å². The molecule has 182 valence electrons. The Bertz CT molecular complexity index is 1170. The van der Waals surface area contributed by atoms with E-state index in [0.717, 1.165) is 36.3 Å². The summed E-state index contributed by atoms with van der Waals surface area (Å²) in [6, 6.07) is 37.5. The fourth-order valence-corrected chi connectivity index (χ4v) is 5.46. The van der Waals surface area contributed by atoms with Crippen LogP contribution in [0.2, 0.25) is 0 Å². The van der Waals surface area contributed by atoms with Crippen LogP contribution in [0.1, 0.15) is 48.2 Å². The monoisotopic (exact) mass is 475 g/mol. The molecular formula is C32H33N3O. The Labute approximate surface area is 214 Å². The van der Waals surface area contributed by atoms with E-state index in [1.807, 2.05) is 60.8 Å². The Morgan fingerprint density at radius 3 is 2.06 bits per heavy atom. The summed E-state index contributed by atoms with van der Waals surface area (Å²) in [6.07, 6.45) is 3.18. The zero-order chi connectivity index (χ0) is 24.8. The number of likely N-dealkylation sites (tertiary alicyclic amines) is 1. The first-order valence-corrected chi connectivity index (χ1v) is 12.7. The fourth-order valence-electron chi connectivity index (χ4n) is 5.46. The molecule has 1 aliphatic heterocycles. The molecule has 4 aromatic rings. The predicted molar refractivity (Wildman–Crippen MR) is 145 cm³/mol. The average molecular weight is 476 g/mol. The van der Waals surface area contributed by atoms with Gasteiger partial charge in [0.15, 0.2) is 0 Å². The molecule has 0 bridgehead atoms. The Morgan fingerprint density at radius 1 is 0.889 bits per heavy atom. The van der Waals surface area contributed by atoms with Gasteiger partial charge >= 0.3 is 0 Å². The summed E-state index contributed by atoms with van der Waals surface area (Å²) in [5.41, 5.74) is 4.17. The lowest BCUT2D eigenvalue weighted by Crippen LogP contribution is -2.41. The van der Waals surface area contributed by atoms with Crippen molar-refractivity contribution in [3.8, 4) is 0 Å². The molecule has 2 heterocycles. The van der Waals surface area contributed by atoms with E-state index in [1.165, 1.54) is 5.56 Å². The van der Waals surface area contributed by atoms with Crippen LogP contribution in [0.25, 0.3) is 0 Å². The summed E-state index contributed by atoms with van der Waals surface area (Å²) in [6.45, 7) is 3.88. The molecule has 1 fully saturated rings. The van der Waals surface area contributed by atoms with Crippen LogP contribution in [0.5, 0.6) is 0 Å². The number of hydrogen-bond acceptors (Lipinski definition) is 3. The summed E-state index contributed by atoms with van der Waals surface area (Å²) in [4.78, 5) is 20.5. The lowest BCUT2D eigenvalue weighted by Gasteiger charge is -2.31. The quantitative estimate of drug-likeness (QED) is 0.353. The van der Waals surface area contributed by atoms with Gasteiger partial charge in [-0.3, -0.25) is 14.7 Å². The van der Waals surface area contributed by atoms with Gasteiger partial charge in [-0.2, -0.15) is 0 Å². The number of carbonyl (C=O) groups is 1. The van der Waals surface area contributed by atoms with E-state index in [-0.39, 0.29) is 18.0 Å². The van der Waals surface area contributed by atoms with Crippen molar-refractivity contribution in [2.75, 3.05) is 13.1 Å². The average Bonchev–Trinajstić information content (AvgIpc) is 3.38. The van der Waals surface area contributed by atoms with Crippen molar-refractivity contribution in [1.82, 2.24) is 15.2 Å². The minimum absolute atomic E-state index is 0.0770. The van der Waals surface area contributed by atoms with Crippen molar-refractivity contribution >= 4 is 5.91 Å². The first-order valence-electron chi connectivity index (χ1n) is 12.7. The number of aromatic nitrogens is 1. The number of pyridine rings is 1. The minimum Gasteiger partial charge on any atom is -0.352 e. The van der Waals surface area contributed by atoms with Gasteiger partial charge in [0.05, 0.1) is 11.7 Å². The van der Waals surface area contributed by atoms with Crippen molar-refractivity contribution in [3.05, 3.63) is 138 Å². The fraction of sp³-hybridized carbons (Fsp3) is 0.250. The van der Waals surface area contributed by atoms with Gasteiger partial charge in [-0.05, 0) is 35.2 Å². The van der Waals surface area contributed by atoms with Crippen LogP contribution in [-0.2, 0) is 10.2 Å².